The maximum atomic E-state index is 15.0. The molecular formula is C29H29F2NO4. The van der Waals surface area contributed by atoms with Crippen molar-refractivity contribution in [3.63, 3.8) is 0 Å². The first kappa shape index (κ1) is 24.1. The number of benzene rings is 3. The normalized spacial score (nSPS) is 18.8. The molecular weight excluding hydrogens is 464 g/mol. The van der Waals surface area contributed by atoms with Gasteiger partial charge in [0.05, 0.1) is 6.67 Å². The van der Waals surface area contributed by atoms with Crippen molar-refractivity contribution in [1.82, 2.24) is 4.90 Å². The van der Waals surface area contributed by atoms with E-state index >= 15 is 0 Å². The van der Waals surface area contributed by atoms with Gasteiger partial charge in [-0.3, -0.25) is 9.29 Å². The number of phenolic OH excluding ortho intramolecular Hbond substituents is 2. The van der Waals surface area contributed by atoms with Crippen LogP contribution < -0.4 is 9.47 Å². The van der Waals surface area contributed by atoms with Crippen LogP contribution in [0.15, 0.2) is 60.7 Å². The monoisotopic (exact) mass is 493 g/mol. The third-order valence-corrected chi connectivity index (χ3v) is 7.02. The average molecular weight is 494 g/mol. The summed E-state index contributed by atoms with van der Waals surface area (Å²) in [4.78, 5) is 2.20. The summed E-state index contributed by atoms with van der Waals surface area (Å²) in [6.45, 7) is 5.67. The Bertz CT molecular complexity index is 1280. The second-order valence-corrected chi connectivity index (χ2v) is 9.58. The molecule has 5 nitrogen and oxygen atoms in total. The quantitative estimate of drug-likeness (QED) is 0.425. The number of hydrogen-bond donors (Lipinski definition) is 2. The van der Waals surface area contributed by atoms with Gasteiger partial charge in [-0.2, -0.15) is 0 Å². The van der Waals surface area contributed by atoms with Gasteiger partial charge in [0, 0.05) is 41.7 Å². The molecule has 5 rings (SSSR count). The van der Waals surface area contributed by atoms with Crippen LogP contribution in [0.3, 0.4) is 0 Å². The Morgan fingerprint density at radius 3 is 2.36 bits per heavy atom. The number of likely N-dealkylation sites (tertiary alicyclic amines) is 1. The van der Waals surface area contributed by atoms with Crippen molar-refractivity contribution in [1.29, 1.82) is 0 Å². The highest BCUT2D eigenvalue weighted by molar-refractivity contribution is 5.96. The van der Waals surface area contributed by atoms with Crippen LogP contribution in [0.4, 0.5) is 8.78 Å². The van der Waals surface area contributed by atoms with E-state index in [2.05, 4.69) is 11.8 Å². The van der Waals surface area contributed by atoms with Crippen molar-refractivity contribution in [2.75, 3.05) is 26.4 Å². The van der Waals surface area contributed by atoms with Crippen molar-refractivity contribution >= 4 is 11.1 Å². The van der Waals surface area contributed by atoms with E-state index in [0.29, 0.717) is 29.2 Å². The van der Waals surface area contributed by atoms with Crippen LogP contribution in [0.5, 0.6) is 23.0 Å². The largest absolute Gasteiger partial charge is 0.508 e. The third-order valence-electron chi connectivity index (χ3n) is 7.02. The first-order valence-electron chi connectivity index (χ1n) is 12.1. The van der Waals surface area contributed by atoms with E-state index in [4.69, 9.17) is 9.47 Å². The Morgan fingerprint density at radius 1 is 1.00 bits per heavy atom. The summed E-state index contributed by atoms with van der Waals surface area (Å²) >= 11 is 0. The first-order chi connectivity index (χ1) is 17.3. The number of allylic oxidation sites excluding steroid dienone is 1. The molecule has 2 atom stereocenters. The van der Waals surface area contributed by atoms with Gasteiger partial charge in [-0.1, -0.05) is 12.1 Å². The van der Waals surface area contributed by atoms with Crippen LogP contribution in [-0.2, 0) is 0 Å². The molecule has 0 aliphatic carbocycles. The average Bonchev–Trinajstić information content (AvgIpc) is 2.84. The molecule has 1 saturated heterocycles. The van der Waals surface area contributed by atoms with Crippen molar-refractivity contribution in [2.45, 2.75) is 26.0 Å². The Morgan fingerprint density at radius 2 is 1.67 bits per heavy atom. The Labute approximate surface area is 209 Å². The smallest absolute Gasteiger partial charge is 0.150 e. The fraction of sp³-hybridized carbons (Fsp3) is 0.310. The molecule has 2 heterocycles. The summed E-state index contributed by atoms with van der Waals surface area (Å²) in [5, 5.41) is 20.1. The van der Waals surface area contributed by atoms with Gasteiger partial charge in [0.1, 0.15) is 41.5 Å². The molecule has 0 bridgehead atoms. The molecule has 1 fully saturated rings. The summed E-state index contributed by atoms with van der Waals surface area (Å²) < 4.78 is 40.0. The molecule has 188 valence electrons. The minimum Gasteiger partial charge on any atom is -0.508 e. The van der Waals surface area contributed by atoms with Crippen LogP contribution in [-0.4, -0.2) is 47.5 Å². The molecule has 7 heteroatoms. The van der Waals surface area contributed by atoms with Gasteiger partial charge in [0.2, 0.25) is 0 Å². The van der Waals surface area contributed by atoms with Crippen LogP contribution in [0.1, 0.15) is 36.6 Å². The van der Waals surface area contributed by atoms with Gasteiger partial charge in [-0.15, -0.1) is 0 Å². The predicted octanol–water partition coefficient (Wildman–Crippen LogP) is 5.97. The van der Waals surface area contributed by atoms with Crippen LogP contribution >= 0.6 is 0 Å². The number of alkyl halides is 1. The summed E-state index contributed by atoms with van der Waals surface area (Å²) in [5.41, 5.74) is 3.02. The van der Waals surface area contributed by atoms with Gasteiger partial charge in [0.15, 0.2) is 0 Å². The zero-order chi connectivity index (χ0) is 25.4. The summed E-state index contributed by atoms with van der Waals surface area (Å²) in [5.74, 6) is 0.966. The van der Waals surface area contributed by atoms with Gasteiger partial charge < -0.3 is 19.7 Å². The SMILES string of the molecule is CC1=C(c2cc(O)ccc2F)C(c2ccc(OCC(C)N3CC(CF)C3)cc2)Oc2ccc(O)cc21. The number of phenols is 2. The lowest BCUT2D eigenvalue weighted by Gasteiger charge is -2.41. The lowest BCUT2D eigenvalue weighted by atomic mass is 9.86. The fourth-order valence-electron chi connectivity index (χ4n) is 4.87. The molecule has 0 spiro atoms. The van der Waals surface area contributed by atoms with Crippen molar-refractivity contribution in [2.24, 2.45) is 5.92 Å². The third kappa shape index (κ3) is 4.63. The van der Waals surface area contributed by atoms with Crippen molar-refractivity contribution in [3.8, 4) is 23.0 Å². The van der Waals surface area contributed by atoms with Crippen molar-refractivity contribution in [3.05, 3.63) is 83.2 Å². The topological polar surface area (TPSA) is 62.2 Å². The highest BCUT2D eigenvalue weighted by Crippen LogP contribution is 2.48. The highest BCUT2D eigenvalue weighted by Gasteiger charge is 2.32. The number of fused-ring (bicyclic) bond motifs is 1. The molecule has 0 amide bonds. The molecule has 36 heavy (non-hydrogen) atoms. The Balaban J connectivity index is 1.42. The lowest BCUT2D eigenvalue weighted by molar-refractivity contribution is 0.0265. The molecule has 3 aromatic carbocycles. The molecule has 2 aliphatic heterocycles. The maximum Gasteiger partial charge on any atom is 0.150 e. The minimum atomic E-state index is -0.634. The molecule has 0 radical (unpaired) electrons. The van der Waals surface area contributed by atoms with E-state index in [9.17, 15) is 19.0 Å². The number of hydrogen-bond acceptors (Lipinski definition) is 5. The molecule has 0 saturated carbocycles. The number of rotatable bonds is 7. The van der Waals surface area contributed by atoms with E-state index in [1.807, 2.05) is 31.2 Å². The number of halogens is 2. The van der Waals surface area contributed by atoms with Crippen molar-refractivity contribution < 1.29 is 28.5 Å². The summed E-state index contributed by atoms with van der Waals surface area (Å²) in [6, 6.07) is 16.4. The van der Waals surface area contributed by atoms with E-state index in [-0.39, 0.29) is 35.7 Å². The number of nitrogens with zero attached hydrogens (tertiary/aromatic N) is 1. The molecule has 0 aromatic heterocycles. The van der Waals surface area contributed by atoms with E-state index in [0.717, 1.165) is 24.2 Å². The maximum absolute atomic E-state index is 15.0. The van der Waals surface area contributed by atoms with Gasteiger partial charge in [-0.05, 0) is 73.5 Å². The summed E-state index contributed by atoms with van der Waals surface area (Å²) in [7, 11) is 0. The van der Waals surface area contributed by atoms with E-state index in [1.165, 1.54) is 18.2 Å². The van der Waals surface area contributed by atoms with Crippen LogP contribution in [0.25, 0.3) is 11.1 Å². The Kier molecular flexibility index (Phi) is 6.58. The molecule has 2 aliphatic rings. The summed E-state index contributed by atoms with van der Waals surface area (Å²) in [6.07, 6.45) is -0.634. The number of aromatic hydroxyl groups is 2. The fourth-order valence-corrected chi connectivity index (χ4v) is 4.87. The first-order valence-corrected chi connectivity index (χ1v) is 12.1. The van der Waals surface area contributed by atoms with Crippen LogP contribution in [0.2, 0.25) is 0 Å². The van der Waals surface area contributed by atoms with Gasteiger partial charge >= 0.3 is 0 Å². The van der Waals surface area contributed by atoms with Crippen LogP contribution in [0, 0.1) is 11.7 Å². The zero-order valence-corrected chi connectivity index (χ0v) is 20.2. The zero-order valence-electron chi connectivity index (χ0n) is 20.2. The molecule has 3 aromatic rings. The predicted molar refractivity (Wildman–Crippen MR) is 134 cm³/mol. The standard InChI is InChI=1S/C29H29F2NO4/c1-17(32-14-19(13-30)15-32)16-35-23-7-3-20(4-8-23)29-28(25-12-21(33)5-9-26(25)31)18(2)24-11-22(34)6-10-27(24)36-29/h3-12,17,19,29,33-34H,13-16H2,1-2H3. The lowest BCUT2D eigenvalue weighted by Crippen LogP contribution is -2.53. The van der Waals surface area contributed by atoms with Gasteiger partial charge in [-0.25, -0.2) is 4.39 Å². The Hall–Kier alpha value is -3.58. The number of ether oxygens (including phenoxy) is 2. The molecule has 2 unspecified atom stereocenters. The second-order valence-electron chi connectivity index (χ2n) is 9.58. The molecule has 2 N–H and O–H groups in total. The van der Waals surface area contributed by atoms with E-state index in [1.54, 1.807) is 18.2 Å². The highest BCUT2D eigenvalue weighted by atomic mass is 19.1. The van der Waals surface area contributed by atoms with Gasteiger partial charge in [0.25, 0.3) is 0 Å². The van der Waals surface area contributed by atoms with E-state index < -0.39 is 11.9 Å². The second kappa shape index (κ2) is 9.82. The minimum absolute atomic E-state index is 0.0509.